The minimum atomic E-state index is -2.95. The van der Waals surface area contributed by atoms with Crippen molar-refractivity contribution in [3.63, 3.8) is 0 Å². The molecule has 0 aliphatic heterocycles. The summed E-state index contributed by atoms with van der Waals surface area (Å²) in [5, 5.41) is 10.6. The summed E-state index contributed by atoms with van der Waals surface area (Å²) < 4.78 is 59.9. The van der Waals surface area contributed by atoms with E-state index in [4.69, 9.17) is 9.60 Å². The Morgan fingerprint density at radius 3 is 2.92 bits per heavy atom. The number of nitrogens with zero attached hydrogens (tertiary/aromatic N) is 1. The van der Waals surface area contributed by atoms with Gasteiger partial charge in [-0.3, -0.25) is 4.98 Å². The Hall–Kier alpha value is -1.41. The van der Waals surface area contributed by atoms with Crippen LogP contribution in [0.15, 0.2) is 42.2 Å². The van der Waals surface area contributed by atoms with E-state index in [-0.39, 0.29) is 41.2 Å². The van der Waals surface area contributed by atoms with Crippen molar-refractivity contribution < 1.29 is 14.7 Å². The highest BCUT2D eigenvalue weighted by Gasteiger charge is 2.56. The Labute approximate surface area is 167 Å². The van der Waals surface area contributed by atoms with Crippen LogP contribution in [0.2, 0.25) is 0 Å². The first-order valence-electron chi connectivity index (χ1n) is 13.2. The zero-order valence-corrected chi connectivity index (χ0v) is 15.5. The molecule has 0 bridgehead atoms. The predicted molar refractivity (Wildman–Crippen MR) is 105 cm³/mol. The molecule has 0 spiro atoms. The number of aromatic nitrogens is 1. The molecule has 138 valence electrons. The van der Waals surface area contributed by atoms with E-state index in [1.54, 1.807) is 12.4 Å². The minimum Gasteiger partial charge on any atom is -0.393 e. The van der Waals surface area contributed by atoms with E-state index in [1.165, 1.54) is 0 Å². The summed E-state index contributed by atoms with van der Waals surface area (Å²) >= 11 is 0. The van der Waals surface area contributed by atoms with E-state index in [0.29, 0.717) is 18.9 Å². The fraction of sp³-hybridized carbons (Fsp3) is 0.625. The van der Waals surface area contributed by atoms with Gasteiger partial charge in [-0.25, -0.2) is 0 Å². The van der Waals surface area contributed by atoms with Crippen molar-refractivity contribution in [3.8, 4) is 0 Å². The Balaban J connectivity index is 1.61. The molecule has 6 atom stereocenters. The van der Waals surface area contributed by atoms with Crippen LogP contribution in [-0.2, 0) is 0 Å². The van der Waals surface area contributed by atoms with Gasteiger partial charge in [0, 0.05) is 17.9 Å². The lowest BCUT2D eigenvalue weighted by Crippen LogP contribution is -2.49. The molecule has 26 heavy (non-hydrogen) atoms. The van der Waals surface area contributed by atoms with Crippen molar-refractivity contribution in [2.24, 2.45) is 28.6 Å². The molecular formula is C24H31NO. The highest BCUT2D eigenvalue weighted by molar-refractivity contribution is 5.72. The summed E-state index contributed by atoms with van der Waals surface area (Å²) in [5.74, 6) is 0.0521. The van der Waals surface area contributed by atoms with E-state index in [0.717, 1.165) is 24.0 Å². The van der Waals surface area contributed by atoms with Gasteiger partial charge in [-0.2, -0.15) is 0 Å². The maximum atomic E-state index is 10.6. The van der Waals surface area contributed by atoms with Crippen LogP contribution >= 0.6 is 0 Å². The van der Waals surface area contributed by atoms with E-state index < -0.39 is 24.2 Å². The topological polar surface area (TPSA) is 33.1 Å². The monoisotopic (exact) mass is 356 g/mol. The molecule has 1 N–H and O–H groups in total. The zero-order valence-electron chi connectivity index (χ0n) is 22.5. The molecule has 2 heteroatoms. The second-order valence-electron chi connectivity index (χ2n) is 8.83. The summed E-state index contributed by atoms with van der Waals surface area (Å²) in [6.45, 7) is 4.04. The first kappa shape index (κ1) is 10.8. The molecule has 4 aliphatic carbocycles. The number of aliphatic hydroxyl groups is 1. The fourth-order valence-corrected chi connectivity index (χ4v) is 6.17. The molecule has 0 amide bonds. The van der Waals surface area contributed by atoms with Crippen molar-refractivity contribution in [2.45, 2.75) is 64.8 Å². The van der Waals surface area contributed by atoms with Crippen molar-refractivity contribution in [3.05, 3.63) is 47.8 Å². The Bertz CT molecular complexity index is 1070. The van der Waals surface area contributed by atoms with Crippen LogP contribution in [-0.4, -0.2) is 16.2 Å². The zero-order chi connectivity index (χ0) is 24.2. The van der Waals surface area contributed by atoms with E-state index in [2.05, 4.69) is 11.9 Å². The Morgan fingerprint density at radius 2 is 2.12 bits per heavy atom. The van der Waals surface area contributed by atoms with Crippen molar-refractivity contribution >= 4 is 5.57 Å². The Morgan fingerprint density at radius 1 is 1.23 bits per heavy atom. The molecule has 4 aliphatic rings. The highest BCUT2D eigenvalue weighted by atomic mass is 16.3. The van der Waals surface area contributed by atoms with Crippen LogP contribution in [0.25, 0.3) is 5.57 Å². The quantitative estimate of drug-likeness (QED) is 0.684. The van der Waals surface area contributed by atoms with Crippen LogP contribution in [0.1, 0.15) is 73.9 Å². The third-order valence-corrected chi connectivity index (χ3v) is 7.62. The van der Waals surface area contributed by atoms with Gasteiger partial charge in [-0.05, 0) is 90.6 Å². The first-order valence-corrected chi connectivity index (χ1v) is 9.72. The molecule has 2 fully saturated rings. The largest absolute Gasteiger partial charge is 0.393 e. The number of pyridine rings is 1. The van der Waals surface area contributed by atoms with Crippen LogP contribution < -0.4 is 0 Å². The van der Waals surface area contributed by atoms with Crippen molar-refractivity contribution in [1.82, 2.24) is 4.98 Å². The lowest BCUT2D eigenvalue weighted by atomic mass is 9.47. The van der Waals surface area contributed by atoms with E-state index in [1.807, 2.05) is 19.1 Å². The predicted octanol–water partition coefficient (Wildman–Crippen LogP) is 5.40. The van der Waals surface area contributed by atoms with Crippen LogP contribution in [0.3, 0.4) is 0 Å². The normalized spacial score (nSPS) is 55.8. The van der Waals surface area contributed by atoms with Crippen molar-refractivity contribution in [2.75, 3.05) is 0 Å². The molecule has 1 heterocycles. The molecule has 2 nitrogen and oxygen atoms in total. The number of fused-ring (bicyclic) bond motifs is 5. The fourth-order valence-electron chi connectivity index (χ4n) is 6.17. The Kier molecular flexibility index (Phi) is 2.41. The summed E-state index contributed by atoms with van der Waals surface area (Å²) in [6, 6.07) is 4.56. The van der Waals surface area contributed by atoms with Gasteiger partial charge in [0.15, 0.2) is 0 Å². The molecule has 0 unspecified atom stereocenters. The molecule has 1 aromatic heterocycles. The summed E-state index contributed by atoms with van der Waals surface area (Å²) in [4.78, 5) is 4.26. The van der Waals surface area contributed by atoms with Gasteiger partial charge in [0.1, 0.15) is 0 Å². The minimum absolute atomic E-state index is 0.0167. The maximum Gasteiger partial charge on any atom is 0.0604 e. The van der Waals surface area contributed by atoms with E-state index >= 15 is 0 Å². The lowest BCUT2D eigenvalue weighted by molar-refractivity contribution is -0.0238. The second kappa shape index (κ2) is 5.79. The molecule has 0 aromatic carbocycles. The van der Waals surface area contributed by atoms with Gasteiger partial charge in [-0.1, -0.05) is 37.6 Å². The summed E-state index contributed by atoms with van der Waals surface area (Å²) in [6.07, 6.45) is -2.27. The average Bonchev–Trinajstić information content (AvgIpc) is 2.97. The highest BCUT2D eigenvalue weighted by Crippen LogP contribution is 2.66. The molecular weight excluding hydrogens is 318 g/mol. The second-order valence-corrected chi connectivity index (χ2v) is 8.83. The number of hydrogen-bond acceptors (Lipinski definition) is 2. The third-order valence-electron chi connectivity index (χ3n) is 7.62. The number of hydrogen-bond donors (Lipinski definition) is 1. The van der Waals surface area contributed by atoms with Crippen LogP contribution in [0, 0.1) is 28.6 Å². The molecule has 0 radical (unpaired) electrons. The van der Waals surface area contributed by atoms with Gasteiger partial charge in [0.2, 0.25) is 0 Å². The SMILES string of the molecule is [2H]C1=C2C([2H])([2H])[C@@]([2H])(O)C([2H])([2H])C[C@]2(C)[C@H]2CC[C@]3(C)C(c4cccnc4)=C([2H])C[C@H]3[C@@H]2C1. The molecule has 5 rings (SSSR count). The summed E-state index contributed by atoms with van der Waals surface area (Å²) in [5.41, 5.74) is 0.872. The third kappa shape index (κ3) is 2.24. The number of rotatable bonds is 1. The van der Waals surface area contributed by atoms with Crippen molar-refractivity contribution in [1.29, 1.82) is 0 Å². The first-order chi connectivity index (χ1) is 15.2. The molecule has 2 saturated carbocycles. The standard InChI is InChI=1S/C24H31NO/c1-23-11-9-18(26)14-17(23)5-6-19-21-8-7-20(16-4-3-13-25-15-16)24(21,2)12-10-22(19)23/h3-5,7,13,15,18-19,21-22,26H,6,8-12,14H2,1-2H3/t18-,19-,21-,22-,23-,24+/m0/s1/i5D,7D,9D2,14D2,18D. The van der Waals surface area contributed by atoms with Gasteiger partial charge in [0.25, 0.3) is 0 Å². The molecule has 0 saturated heterocycles. The van der Waals surface area contributed by atoms with E-state index in [9.17, 15) is 5.11 Å². The van der Waals surface area contributed by atoms with Gasteiger partial charge < -0.3 is 5.11 Å². The van der Waals surface area contributed by atoms with Gasteiger partial charge in [-0.15, -0.1) is 0 Å². The smallest absolute Gasteiger partial charge is 0.0604 e. The van der Waals surface area contributed by atoms with Gasteiger partial charge in [0.05, 0.1) is 10.2 Å². The lowest BCUT2D eigenvalue weighted by Gasteiger charge is -2.57. The van der Waals surface area contributed by atoms with Crippen LogP contribution in [0.4, 0.5) is 0 Å². The maximum absolute atomic E-state index is 10.6. The molecule has 1 aromatic rings. The average molecular weight is 357 g/mol. The van der Waals surface area contributed by atoms with Gasteiger partial charge >= 0.3 is 0 Å². The number of allylic oxidation sites excluding steroid dienone is 3. The van der Waals surface area contributed by atoms with Crippen LogP contribution in [0.5, 0.6) is 0 Å². The summed E-state index contributed by atoms with van der Waals surface area (Å²) in [7, 11) is 0.